The van der Waals surface area contributed by atoms with E-state index in [2.05, 4.69) is 10.8 Å². The van der Waals surface area contributed by atoms with Gasteiger partial charge in [-0.15, -0.1) is 0 Å². The fourth-order valence-corrected chi connectivity index (χ4v) is 1.45. The largest absolute Gasteiger partial charge is 0.468 e. The normalized spacial score (nSPS) is 22.7. The summed E-state index contributed by atoms with van der Waals surface area (Å²) in [5.74, 6) is -0.289. The molecule has 0 saturated carbocycles. The van der Waals surface area contributed by atoms with Crippen LogP contribution < -0.4 is 0 Å². The van der Waals surface area contributed by atoms with Gasteiger partial charge in [0.05, 0.1) is 26.4 Å². The van der Waals surface area contributed by atoms with Crippen molar-refractivity contribution < 1.29 is 14.3 Å². The molecule has 0 bridgehead atoms. The van der Waals surface area contributed by atoms with Gasteiger partial charge in [0.25, 0.3) is 0 Å². The lowest BCUT2D eigenvalue weighted by Crippen LogP contribution is -2.50. The summed E-state index contributed by atoms with van der Waals surface area (Å²) in [6, 6.07) is 1.71. The lowest BCUT2D eigenvalue weighted by atomic mass is 10.2. The Bertz CT molecular complexity index is 237. The van der Waals surface area contributed by atoms with Crippen molar-refractivity contribution in [3.8, 4) is 6.07 Å². The summed E-state index contributed by atoms with van der Waals surface area (Å²) < 4.78 is 9.85. The second-order valence-electron chi connectivity index (χ2n) is 3.06. The monoisotopic (exact) mass is 198 g/mol. The fraction of sp³-hybridized carbons (Fsp3) is 0.778. The van der Waals surface area contributed by atoms with Crippen molar-refractivity contribution in [2.45, 2.75) is 12.5 Å². The van der Waals surface area contributed by atoms with Crippen LogP contribution in [0.2, 0.25) is 0 Å². The minimum absolute atomic E-state index is 0.289. The van der Waals surface area contributed by atoms with Crippen LogP contribution >= 0.6 is 0 Å². The molecule has 1 atom stereocenters. The highest BCUT2D eigenvalue weighted by atomic mass is 16.5. The molecular weight excluding hydrogens is 184 g/mol. The summed E-state index contributed by atoms with van der Waals surface area (Å²) in [5, 5.41) is 8.45. The molecule has 78 valence electrons. The molecule has 0 aromatic rings. The third kappa shape index (κ3) is 2.69. The molecule has 1 heterocycles. The Morgan fingerprint density at radius 1 is 1.79 bits per heavy atom. The number of carbonyl (C=O) groups is 1. The molecule has 0 N–H and O–H groups in total. The maximum atomic E-state index is 11.3. The second kappa shape index (κ2) is 5.58. The van der Waals surface area contributed by atoms with E-state index in [9.17, 15) is 4.79 Å². The standard InChI is InChI=1S/C9H14N2O3/c1-13-9(12)8-7-14-6-5-11(8)4-2-3-10/h8H,2,4-7H2,1H3/t8-/m0/s1. The van der Waals surface area contributed by atoms with Gasteiger partial charge in [-0.1, -0.05) is 0 Å². The molecule has 14 heavy (non-hydrogen) atoms. The molecule has 0 unspecified atom stereocenters. The molecule has 0 aliphatic carbocycles. The first-order valence-corrected chi connectivity index (χ1v) is 4.56. The van der Waals surface area contributed by atoms with Gasteiger partial charge in [0.15, 0.2) is 0 Å². The first-order chi connectivity index (χ1) is 6.79. The van der Waals surface area contributed by atoms with Crippen LogP contribution in [0.4, 0.5) is 0 Å². The lowest BCUT2D eigenvalue weighted by Gasteiger charge is -2.32. The number of hydrogen-bond acceptors (Lipinski definition) is 5. The zero-order valence-electron chi connectivity index (χ0n) is 8.23. The van der Waals surface area contributed by atoms with E-state index in [0.29, 0.717) is 32.7 Å². The molecule has 1 saturated heterocycles. The molecule has 5 heteroatoms. The molecule has 0 aromatic carbocycles. The maximum absolute atomic E-state index is 11.3. The van der Waals surface area contributed by atoms with Gasteiger partial charge in [-0.25, -0.2) is 0 Å². The summed E-state index contributed by atoms with van der Waals surface area (Å²) in [4.78, 5) is 13.2. The van der Waals surface area contributed by atoms with Crippen molar-refractivity contribution in [1.82, 2.24) is 4.90 Å². The molecule has 0 spiro atoms. The quantitative estimate of drug-likeness (QED) is 0.586. The topological polar surface area (TPSA) is 62.6 Å². The molecule has 5 nitrogen and oxygen atoms in total. The summed E-state index contributed by atoms with van der Waals surface area (Å²) in [5.41, 5.74) is 0. The first kappa shape index (κ1) is 11.0. The molecule has 1 rings (SSSR count). The smallest absolute Gasteiger partial charge is 0.325 e. The SMILES string of the molecule is COC(=O)[C@@H]1COCCN1CCC#N. The number of carbonyl (C=O) groups excluding carboxylic acids is 1. The van der Waals surface area contributed by atoms with E-state index >= 15 is 0 Å². The highest BCUT2D eigenvalue weighted by Crippen LogP contribution is 2.08. The predicted octanol–water partition coefficient (Wildman–Crippen LogP) is -0.226. The average molecular weight is 198 g/mol. The van der Waals surface area contributed by atoms with Crippen molar-refractivity contribution in [1.29, 1.82) is 5.26 Å². The third-order valence-electron chi connectivity index (χ3n) is 2.22. The zero-order chi connectivity index (χ0) is 10.4. The lowest BCUT2D eigenvalue weighted by molar-refractivity contribution is -0.153. The van der Waals surface area contributed by atoms with Crippen LogP contribution in [0.3, 0.4) is 0 Å². The summed E-state index contributed by atoms with van der Waals surface area (Å²) in [7, 11) is 1.36. The summed E-state index contributed by atoms with van der Waals surface area (Å²) in [6.07, 6.45) is 0.424. The highest BCUT2D eigenvalue weighted by molar-refractivity contribution is 5.75. The van der Waals surface area contributed by atoms with Crippen molar-refractivity contribution in [2.24, 2.45) is 0 Å². The van der Waals surface area contributed by atoms with Gasteiger partial charge >= 0.3 is 5.97 Å². The van der Waals surface area contributed by atoms with Crippen molar-refractivity contribution in [2.75, 3.05) is 33.4 Å². The van der Waals surface area contributed by atoms with Gasteiger partial charge in [-0.05, 0) is 0 Å². The Balaban J connectivity index is 2.50. The summed E-state index contributed by atoms with van der Waals surface area (Å²) in [6.45, 7) is 2.25. The molecule has 1 aliphatic rings. The van der Waals surface area contributed by atoms with Crippen molar-refractivity contribution in [3.05, 3.63) is 0 Å². The number of nitrogens with zero attached hydrogens (tertiary/aromatic N) is 2. The Morgan fingerprint density at radius 2 is 2.57 bits per heavy atom. The van der Waals surface area contributed by atoms with Gasteiger partial charge in [-0.2, -0.15) is 5.26 Å². The van der Waals surface area contributed by atoms with Crippen molar-refractivity contribution >= 4 is 5.97 Å². The van der Waals surface area contributed by atoms with Crippen LogP contribution in [-0.4, -0.2) is 50.3 Å². The van der Waals surface area contributed by atoms with Gasteiger partial charge in [0.1, 0.15) is 6.04 Å². The maximum Gasteiger partial charge on any atom is 0.325 e. The highest BCUT2D eigenvalue weighted by Gasteiger charge is 2.29. The Hall–Kier alpha value is -1.12. The van der Waals surface area contributed by atoms with E-state index in [0.717, 1.165) is 0 Å². The third-order valence-corrected chi connectivity index (χ3v) is 2.22. The zero-order valence-corrected chi connectivity index (χ0v) is 8.23. The van der Waals surface area contributed by atoms with Gasteiger partial charge in [-0.3, -0.25) is 9.69 Å². The van der Waals surface area contributed by atoms with Crippen molar-refractivity contribution in [3.63, 3.8) is 0 Å². The van der Waals surface area contributed by atoms with Gasteiger partial charge in [0.2, 0.25) is 0 Å². The van der Waals surface area contributed by atoms with E-state index in [1.165, 1.54) is 7.11 Å². The van der Waals surface area contributed by atoms with Crippen LogP contribution in [0.15, 0.2) is 0 Å². The Kier molecular flexibility index (Phi) is 4.36. The van der Waals surface area contributed by atoms with Crippen LogP contribution in [0.1, 0.15) is 6.42 Å². The molecule has 0 amide bonds. The number of nitriles is 1. The molecule has 0 aromatic heterocycles. The Labute approximate surface area is 83.2 Å². The Morgan fingerprint density at radius 3 is 3.21 bits per heavy atom. The number of ether oxygens (including phenoxy) is 2. The van der Waals surface area contributed by atoms with E-state index in [-0.39, 0.29) is 12.0 Å². The van der Waals surface area contributed by atoms with Crippen LogP contribution in [0.25, 0.3) is 0 Å². The summed E-state index contributed by atoms with van der Waals surface area (Å²) >= 11 is 0. The van der Waals surface area contributed by atoms with Crippen LogP contribution in [0.5, 0.6) is 0 Å². The van der Waals surface area contributed by atoms with Gasteiger partial charge in [0, 0.05) is 19.5 Å². The van der Waals surface area contributed by atoms with Crippen LogP contribution in [0, 0.1) is 11.3 Å². The van der Waals surface area contributed by atoms with E-state index < -0.39 is 0 Å². The minimum atomic E-state index is -0.345. The van der Waals surface area contributed by atoms with E-state index in [1.54, 1.807) is 0 Å². The van der Waals surface area contributed by atoms with Crippen LogP contribution in [-0.2, 0) is 14.3 Å². The van der Waals surface area contributed by atoms with E-state index in [1.807, 2.05) is 4.90 Å². The number of morpholine rings is 1. The molecular formula is C9H14N2O3. The average Bonchev–Trinajstić information content (AvgIpc) is 2.25. The second-order valence-corrected chi connectivity index (χ2v) is 3.06. The van der Waals surface area contributed by atoms with E-state index in [4.69, 9.17) is 10.00 Å². The molecule has 1 aliphatic heterocycles. The van der Waals surface area contributed by atoms with Gasteiger partial charge < -0.3 is 9.47 Å². The molecule has 1 fully saturated rings. The first-order valence-electron chi connectivity index (χ1n) is 4.56. The number of methoxy groups -OCH3 is 1. The minimum Gasteiger partial charge on any atom is -0.468 e. The number of rotatable bonds is 3. The predicted molar refractivity (Wildman–Crippen MR) is 48.4 cm³/mol. The number of esters is 1. The number of hydrogen-bond donors (Lipinski definition) is 0. The fourth-order valence-electron chi connectivity index (χ4n) is 1.45. The molecule has 0 radical (unpaired) electrons.